The first-order chi connectivity index (χ1) is 9.50. The molecule has 6 heteroatoms. The van der Waals surface area contributed by atoms with Crippen LogP contribution in [0.3, 0.4) is 0 Å². The molecule has 2 aromatic carbocycles. The summed E-state index contributed by atoms with van der Waals surface area (Å²) in [5, 5.41) is 0. The van der Waals surface area contributed by atoms with Crippen molar-refractivity contribution in [2.45, 2.75) is 12.3 Å². The van der Waals surface area contributed by atoms with Crippen molar-refractivity contribution in [3.63, 3.8) is 0 Å². The highest BCUT2D eigenvalue weighted by Crippen LogP contribution is 2.19. The summed E-state index contributed by atoms with van der Waals surface area (Å²) in [6.45, 7) is 0.452. The Hall–Kier alpha value is -1.12. The second-order valence-electron chi connectivity index (χ2n) is 4.36. The van der Waals surface area contributed by atoms with E-state index < -0.39 is 10.0 Å². The lowest BCUT2D eigenvalue weighted by molar-refractivity contribution is 0.600. The van der Waals surface area contributed by atoms with E-state index in [0.717, 1.165) is 14.7 Å². The van der Waals surface area contributed by atoms with Gasteiger partial charge in [-0.1, -0.05) is 36.4 Å². The molecule has 0 aliphatic carbocycles. The van der Waals surface area contributed by atoms with Crippen LogP contribution < -0.4 is 10.5 Å². The molecule has 0 spiro atoms. The van der Waals surface area contributed by atoms with Gasteiger partial charge in [-0.25, -0.2) is 8.42 Å². The molecule has 4 nitrogen and oxygen atoms in total. The zero-order chi connectivity index (χ0) is 14.6. The fraction of sp³-hybridized carbons (Fsp3) is 0.143. The average Bonchev–Trinajstić information content (AvgIpc) is 2.41. The van der Waals surface area contributed by atoms with Crippen LogP contribution in [0, 0.1) is 3.57 Å². The van der Waals surface area contributed by atoms with Crippen molar-refractivity contribution in [1.82, 2.24) is 0 Å². The summed E-state index contributed by atoms with van der Waals surface area (Å²) in [5.41, 5.74) is 7.84. The summed E-state index contributed by atoms with van der Waals surface area (Å²) in [6, 6.07) is 14.5. The van der Waals surface area contributed by atoms with Crippen LogP contribution in [0.5, 0.6) is 0 Å². The summed E-state index contributed by atoms with van der Waals surface area (Å²) in [5.74, 6) is -0.0528. The second kappa shape index (κ2) is 6.55. The Balaban J connectivity index is 2.13. The lowest BCUT2D eigenvalue weighted by Gasteiger charge is -2.10. The third kappa shape index (κ3) is 4.19. The lowest BCUT2D eigenvalue weighted by Crippen LogP contribution is -2.15. The number of hydrogen-bond acceptors (Lipinski definition) is 3. The van der Waals surface area contributed by atoms with Gasteiger partial charge < -0.3 is 5.73 Å². The molecule has 0 aliphatic rings. The minimum absolute atomic E-state index is 0.0528. The van der Waals surface area contributed by atoms with Crippen molar-refractivity contribution in [2.24, 2.45) is 5.73 Å². The molecular weight excluding hydrogens is 387 g/mol. The standard InChI is InChI=1S/C14H15IN2O2S/c15-13-3-1-2-4-14(13)17-20(18,19)10-12-7-5-11(9-16)6-8-12/h1-8,17H,9-10,16H2. The molecule has 0 aromatic heterocycles. The maximum absolute atomic E-state index is 12.1. The molecule has 0 radical (unpaired) electrons. The second-order valence-corrected chi connectivity index (χ2v) is 7.25. The Morgan fingerprint density at radius 2 is 1.60 bits per heavy atom. The van der Waals surface area contributed by atoms with E-state index in [9.17, 15) is 8.42 Å². The predicted molar refractivity (Wildman–Crippen MR) is 89.7 cm³/mol. The van der Waals surface area contributed by atoms with Crippen molar-refractivity contribution in [3.8, 4) is 0 Å². The van der Waals surface area contributed by atoms with Gasteiger partial charge in [0.15, 0.2) is 0 Å². The van der Waals surface area contributed by atoms with E-state index in [4.69, 9.17) is 5.73 Å². The van der Waals surface area contributed by atoms with Crippen LogP contribution in [-0.4, -0.2) is 8.42 Å². The number of halogens is 1. The van der Waals surface area contributed by atoms with Crippen LogP contribution in [0.25, 0.3) is 0 Å². The molecule has 0 unspecified atom stereocenters. The molecule has 0 fully saturated rings. The van der Waals surface area contributed by atoms with E-state index in [1.54, 1.807) is 24.3 Å². The van der Waals surface area contributed by atoms with Gasteiger partial charge in [0.25, 0.3) is 0 Å². The van der Waals surface area contributed by atoms with Gasteiger partial charge in [-0.05, 0) is 45.9 Å². The molecule has 0 aliphatic heterocycles. The molecule has 20 heavy (non-hydrogen) atoms. The quantitative estimate of drug-likeness (QED) is 0.756. The summed E-state index contributed by atoms with van der Waals surface area (Å²) < 4.78 is 27.7. The van der Waals surface area contributed by atoms with Crippen molar-refractivity contribution in [1.29, 1.82) is 0 Å². The monoisotopic (exact) mass is 402 g/mol. The number of nitrogens with one attached hydrogen (secondary N) is 1. The largest absolute Gasteiger partial charge is 0.326 e. The first-order valence-corrected chi connectivity index (χ1v) is 8.76. The van der Waals surface area contributed by atoms with Gasteiger partial charge in [-0.3, -0.25) is 4.72 Å². The molecule has 2 rings (SSSR count). The van der Waals surface area contributed by atoms with E-state index in [2.05, 4.69) is 27.3 Å². The smallest absolute Gasteiger partial charge is 0.236 e. The van der Waals surface area contributed by atoms with Gasteiger partial charge in [0, 0.05) is 10.1 Å². The van der Waals surface area contributed by atoms with Crippen LogP contribution in [0.2, 0.25) is 0 Å². The van der Waals surface area contributed by atoms with Crippen LogP contribution in [-0.2, 0) is 22.3 Å². The fourth-order valence-corrected chi connectivity index (χ4v) is 3.66. The Morgan fingerprint density at radius 3 is 2.20 bits per heavy atom. The van der Waals surface area contributed by atoms with E-state index in [1.807, 2.05) is 24.3 Å². The summed E-state index contributed by atoms with van der Waals surface area (Å²) in [4.78, 5) is 0. The molecule has 0 heterocycles. The Kier molecular flexibility index (Phi) is 5.00. The van der Waals surface area contributed by atoms with E-state index in [0.29, 0.717) is 12.2 Å². The molecule has 106 valence electrons. The van der Waals surface area contributed by atoms with Crippen molar-refractivity contribution in [3.05, 3.63) is 63.2 Å². The summed E-state index contributed by atoms with van der Waals surface area (Å²) in [6.07, 6.45) is 0. The molecule has 0 saturated carbocycles. The first kappa shape index (κ1) is 15.3. The minimum atomic E-state index is -3.42. The van der Waals surface area contributed by atoms with Crippen molar-refractivity contribution >= 4 is 38.3 Å². The molecule has 3 N–H and O–H groups in total. The number of hydrogen-bond donors (Lipinski definition) is 2. The fourth-order valence-electron chi connectivity index (χ4n) is 1.74. The summed E-state index contributed by atoms with van der Waals surface area (Å²) >= 11 is 2.10. The Morgan fingerprint density at radius 1 is 1.00 bits per heavy atom. The third-order valence-electron chi connectivity index (χ3n) is 2.75. The van der Waals surface area contributed by atoms with E-state index in [-0.39, 0.29) is 5.75 Å². The van der Waals surface area contributed by atoms with Crippen LogP contribution >= 0.6 is 22.6 Å². The lowest BCUT2D eigenvalue weighted by atomic mass is 10.1. The number of rotatable bonds is 5. The summed E-state index contributed by atoms with van der Waals surface area (Å²) in [7, 11) is -3.42. The maximum Gasteiger partial charge on any atom is 0.236 e. The van der Waals surface area contributed by atoms with Gasteiger partial charge in [-0.15, -0.1) is 0 Å². The number of anilines is 1. The highest BCUT2D eigenvalue weighted by atomic mass is 127. The normalized spacial score (nSPS) is 11.3. The Labute approximate surface area is 132 Å². The number of para-hydroxylation sites is 1. The van der Waals surface area contributed by atoms with Crippen LogP contribution in [0.15, 0.2) is 48.5 Å². The van der Waals surface area contributed by atoms with E-state index in [1.165, 1.54) is 0 Å². The first-order valence-electron chi connectivity index (χ1n) is 6.03. The third-order valence-corrected chi connectivity index (χ3v) is 4.94. The van der Waals surface area contributed by atoms with Gasteiger partial charge in [0.1, 0.15) is 0 Å². The van der Waals surface area contributed by atoms with Crippen LogP contribution in [0.1, 0.15) is 11.1 Å². The average molecular weight is 402 g/mol. The molecule has 2 aromatic rings. The van der Waals surface area contributed by atoms with E-state index >= 15 is 0 Å². The zero-order valence-electron chi connectivity index (χ0n) is 10.7. The predicted octanol–water partition coefficient (Wildman–Crippen LogP) is 2.69. The van der Waals surface area contributed by atoms with Gasteiger partial charge in [-0.2, -0.15) is 0 Å². The zero-order valence-corrected chi connectivity index (χ0v) is 13.7. The molecular formula is C14H15IN2O2S. The molecule has 0 saturated heterocycles. The van der Waals surface area contributed by atoms with Gasteiger partial charge in [0.05, 0.1) is 11.4 Å². The minimum Gasteiger partial charge on any atom is -0.326 e. The Bertz CT molecular complexity index is 685. The van der Waals surface area contributed by atoms with Gasteiger partial charge >= 0.3 is 0 Å². The topological polar surface area (TPSA) is 72.2 Å². The SMILES string of the molecule is NCc1ccc(CS(=O)(=O)Nc2ccccc2I)cc1. The molecule has 0 bridgehead atoms. The van der Waals surface area contributed by atoms with Crippen molar-refractivity contribution in [2.75, 3.05) is 4.72 Å². The van der Waals surface area contributed by atoms with Gasteiger partial charge in [0.2, 0.25) is 10.0 Å². The number of sulfonamides is 1. The highest BCUT2D eigenvalue weighted by molar-refractivity contribution is 14.1. The molecule has 0 amide bonds. The number of nitrogens with two attached hydrogens (primary N) is 1. The highest BCUT2D eigenvalue weighted by Gasteiger charge is 2.13. The van der Waals surface area contributed by atoms with Crippen molar-refractivity contribution < 1.29 is 8.42 Å². The molecule has 0 atom stereocenters. The number of benzene rings is 2. The van der Waals surface area contributed by atoms with Crippen LogP contribution in [0.4, 0.5) is 5.69 Å². The maximum atomic E-state index is 12.1.